The van der Waals surface area contributed by atoms with Gasteiger partial charge in [-0.2, -0.15) is 0 Å². The molecule has 27 heavy (non-hydrogen) atoms. The minimum absolute atomic E-state index is 0.0277. The minimum atomic E-state index is -0.452. The average Bonchev–Trinajstić information content (AvgIpc) is 3.39. The second kappa shape index (κ2) is 5.94. The molecular formula is C19H23N5O3. The van der Waals surface area contributed by atoms with Crippen LogP contribution in [0.25, 0.3) is 11.2 Å². The lowest BCUT2D eigenvalue weighted by atomic mass is 9.95. The molecule has 8 nitrogen and oxygen atoms in total. The van der Waals surface area contributed by atoms with Crippen molar-refractivity contribution in [3.05, 3.63) is 24.2 Å². The van der Waals surface area contributed by atoms with Gasteiger partial charge in [0, 0.05) is 38.8 Å². The van der Waals surface area contributed by atoms with Gasteiger partial charge in [0.2, 0.25) is 0 Å². The highest BCUT2D eigenvalue weighted by Gasteiger charge is 2.44. The molecule has 1 unspecified atom stereocenters. The van der Waals surface area contributed by atoms with Crippen molar-refractivity contribution < 1.29 is 14.3 Å². The molecule has 1 aliphatic carbocycles. The highest BCUT2D eigenvalue weighted by molar-refractivity contribution is 5.96. The van der Waals surface area contributed by atoms with Gasteiger partial charge in [-0.3, -0.25) is 4.79 Å². The summed E-state index contributed by atoms with van der Waals surface area (Å²) in [6.45, 7) is 1.84. The maximum atomic E-state index is 13.0. The Hall–Kier alpha value is -2.64. The Balaban J connectivity index is 1.33. The standard InChI is InChI=1S/C19H23N5O3/c1-22-11-19(27-18(22)26)5-2-7-23(8-6-19)17(25)13-9-15-16(20-10-13)24(12-21-15)14-3-4-14/h9-10,12,14H,2-8,11H2,1H3. The van der Waals surface area contributed by atoms with E-state index >= 15 is 0 Å². The van der Waals surface area contributed by atoms with Gasteiger partial charge in [-0.05, 0) is 31.7 Å². The normalized spacial score (nSPS) is 25.9. The van der Waals surface area contributed by atoms with Gasteiger partial charge in [0.05, 0.1) is 18.4 Å². The molecule has 0 bridgehead atoms. The average molecular weight is 369 g/mol. The van der Waals surface area contributed by atoms with E-state index in [1.807, 2.05) is 17.3 Å². The molecule has 0 radical (unpaired) electrons. The predicted molar refractivity (Wildman–Crippen MR) is 97.4 cm³/mol. The number of likely N-dealkylation sites (tertiary alicyclic amines) is 1. The van der Waals surface area contributed by atoms with Gasteiger partial charge in [0.25, 0.3) is 5.91 Å². The number of rotatable bonds is 2. The third-order valence-corrected chi connectivity index (χ3v) is 5.93. The first-order valence-corrected chi connectivity index (χ1v) is 9.61. The van der Waals surface area contributed by atoms with Crippen LogP contribution in [-0.4, -0.2) is 68.6 Å². The Morgan fingerprint density at radius 3 is 2.85 bits per heavy atom. The Morgan fingerprint density at radius 2 is 2.11 bits per heavy atom. The molecule has 2 amide bonds. The molecule has 0 N–H and O–H groups in total. The molecular weight excluding hydrogens is 346 g/mol. The zero-order chi connectivity index (χ0) is 18.6. The number of imidazole rings is 1. The van der Waals surface area contributed by atoms with Crippen molar-refractivity contribution in [1.29, 1.82) is 0 Å². The van der Waals surface area contributed by atoms with Crippen LogP contribution in [0.2, 0.25) is 0 Å². The number of carbonyl (C=O) groups is 2. The van der Waals surface area contributed by atoms with E-state index in [9.17, 15) is 9.59 Å². The van der Waals surface area contributed by atoms with E-state index in [0.717, 1.165) is 24.0 Å². The molecule has 5 rings (SSSR count). The number of hydrogen-bond acceptors (Lipinski definition) is 5. The Labute approximate surface area is 157 Å². The number of carbonyl (C=O) groups excluding carboxylic acids is 2. The van der Waals surface area contributed by atoms with Gasteiger partial charge in [-0.25, -0.2) is 14.8 Å². The Morgan fingerprint density at radius 1 is 1.26 bits per heavy atom. The smallest absolute Gasteiger partial charge is 0.410 e. The summed E-state index contributed by atoms with van der Waals surface area (Å²) in [5.74, 6) is -0.0277. The molecule has 8 heteroatoms. The fraction of sp³-hybridized carbons (Fsp3) is 0.579. The van der Waals surface area contributed by atoms with Crippen molar-refractivity contribution in [2.24, 2.45) is 0 Å². The summed E-state index contributed by atoms with van der Waals surface area (Å²) in [5.41, 5.74) is 1.74. The highest BCUT2D eigenvalue weighted by atomic mass is 16.6. The number of nitrogens with zero attached hydrogens (tertiary/aromatic N) is 5. The van der Waals surface area contributed by atoms with Crippen molar-refractivity contribution in [3.8, 4) is 0 Å². The third-order valence-electron chi connectivity index (χ3n) is 5.93. The topological polar surface area (TPSA) is 80.6 Å². The van der Waals surface area contributed by atoms with E-state index in [1.54, 1.807) is 18.1 Å². The van der Waals surface area contributed by atoms with E-state index in [1.165, 1.54) is 12.8 Å². The van der Waals surface area contributed by atoms with Gasteiger partial charge >= 0.3 is 6.09 Å². The molecule has 2 aromatic rings. The van der Waals surface area contributed by atoms with Crippen LogP contribution in [0.4, 0.5) is 4.79 Å². The second-order valence-electron chi connectivity index (χ2n) is 8.00. The van der Waals surface area contributed by atoms with Crippen LogP contribution in [0, 0.1) is 0 Å². The molecule has 0 aromatic carbocycles. The van der Waals surface area contributed by atoms with Gasteiger partial charge in [-0.15, -0.1) is 0 Å². The van der Waals surface area contributed by atoms with Crippen LogP contribution >= 0.6 is 0 Å². The van der Waals surface area contributed by atoms with Crippen LogP contribution in [0.1, 0.15) is 48.5 Å². The third kappa shape index (κ3) is 2.83. The summed E-state index contributed by atoms with van der Waals surface area (Å²) in [7, 11) is 1.76. The first-order valence-electron chi connectivity index (χ1n) is 9.61. The van der Waals surface area contributed by atoms with Crippen LogP contribution in [0.15, 0.2) is 18.6 Å². The number of hydrogen-bond donors (Lipinski definition) is 0. The number of ether oxygens (including phenoxy) is 1. The van der Waals surface area contributed by atoms with Crippen LogP contribution in [-0.2, 0) is 4.74 Å². The van der Waals surface area contributed by atoms with Gasteiger partial charge < -0.3 is 19.1 Å². The van der Waals surface area contributed by atoms with Crippen molar-refractivity contribution in [1.82, 2.24) is 24.3 Å². The molecule has 2 saturated heterocycles. The van der Waals surface area contributed by atoms with Crippen LogP contribution in [0.3, 0.4) is 0 Å². The number of fused-ring (bicyclic) bond motifs is 1. The van der Waals surface area contributed by atoms with Gasteiger partial charge in [-0.1, -0.05) is 0 Å². The molecule has 1 atom stereocenters. The lowest BCUT2D eigenvalue weighted by molar-refractivity contribution is 0.0438. The zero-order valence-electron chi connectivity index (χ0n) is 15.4. The fourth-order valence-electron chi connectivity index (χ4n) is 4.26. The highest BCUT2D eigenvalue weighted by Crippen LogP contribution is 2.37. The summed E-state index contributed by atoms with van der Waals surface area (Å²) in [4.78, 5) is 37.2. The molecule has 4 heterocycles. The van der Waals surface area contributed by atoms with Gasteiger partial charge in [0.1, 0.15) is 11.1 Å². The van der Waals surface area contributed by atoms with E-state index < -0.39 is 5.60 Å². The molecule has 3 fully saturated rings. The first kappa shape index (κ1) is 16.5. The van der Waals surface area contributed by atoms with Crippen LogP contribution < -0.4 is 0 Å². The first-order chi connectivity index (χ1) is 13.0. The molecule has 1 saturated carbocycles. The van der Waals surface area contributed by atoms with Crippen molar-refractivity contribution >= 4 is 23.2 Å². The Bertz CT molecular complexity index is 921. The number of amides is 2. The van der Waals surface area contributed by atoms with Crippen molar-refractivity contribution in [3.63, 3.8) is 0 Å². The van der Waals surface area contributed by atoms with E-state index in [-0.39, 0.29) is 12.0 Å². The minimum Gasteiger partial charge on any atom is -0.441 e. The molecule has 2 aliphatic heterocycles. The SMILES string of the molecule is CN1CC2(CCCN(C(=O)c3cnc4c(c3)ncn4C3CC3)CC2)OC1=O. The number of aromatic nitrogens is 3. The second-order valence-corrected chi connectivity index (χ2v) is 8.00. The fourth-order valence-corrected chi connectivity index (χ4v) is 4.26. The van der Waals surface area contributed by atoms with E-state index in [0.29, 0.717) is 37.7 Å². The van der Waals surface area contributed by atoms with E-state index in [2.05, 4.69) is 14.5 Å². The predicted octanol–water partition coefficient (Wildman–Crippen LogP) is 2.21. The maximum absolute atomic E-state index is 13.0. The van der Waals surface area contributed by atoms with E-state index in [4.69, 9.17) is 4.74 Å². The number of likely N-dealkylation sites (N-methyl/N-ethyl adjacent to an activating group) is 1. The summed E-state index contributed by atoms with van der Waals surface area (Å²) in [5, 5.41) is 0. The lowest BCUT2D eigenvalue weighted by Gasteiger charge is -2.25. The molecule has 1 spiro atoms. The molecule has 142 valence electrons. The summed E-state index contributed by atoms with van der Waals surface area (Å²) in [6, 6.07) is 2.35. The molecule has 3 aliphatic rings. The van der Waals surface area contributed by atoms with Gasteiger partial charge in [0.15, 0.2) is 5.65 Å². The quantitative estimate of drug-likeness (QED) is 0.811. The largest absolute Gasteiger partial charge is 0.441 e. The van der Waals surface area contributed by atoms with Crippen molar-refractivity contribution in [2.75, 3.05) is 26.7 Å². The maximum Gasteiger partial charge on any atom is 0.410 e. The van der Waals surface area contributed by atoms with Crippen LogP contribution in [0.5, 0.6) is 0 Å². The summed E-state index contributed by atoms with van der Waals surface area (Å²) in [6.07, 6.45) is 7.83. The summed E-state index contributed by atoms with van der Waals surface area (Å²) < 4.78 is 7.73. The lowest BCUT2D eigenvalue weighted by Crippen LogP contribution is -2.36. The monoisotopic (exact) mass is 369 g/mol. The summed E-state index contributed by atoms with van der Waals surface area (Å²) >= 11 is 0. The number of pyridine rings is 1. The zero-order valence-corrected chi connectivity index (χ0v) is 15.4. The Kier molecular flexibility index (Phi) is 3.63. The molecule has 2 aromatic heterocycles. The van der Waals surface area contributed by atoms with Crippen molar-refractivity contribution in [2.45, 2.75) is 43.7 Å².